The Bertz CT molecular complexity index is 468. The van der Waals surface area contributed by atoms with E-state index < -0.39 is 0 Å². The van der Waals surface area contributed by atoms with Crippen molar-refractivity contribution in [2.24, 2.45) is 5.92 Å². The zero-order chi connectivity index (χ0) is 14.7. The maximum Gasteiger partial charge on any atom is 0.161 e. The van der Waals surface area contributed by atoms with Crippen LogP contribution in [0.3, 0.4) is 0 Å². The van der Waals surface area contributed by atoms with Crippen molar-refractivity contribution in [3.63, 3.8) is 0 Å². The Kier molecular flexibility index (Phi) is 4.69. The summed E-state index contributed by atoms with van der Waals surface area (Å²) in [4.78, 5) is 0. The molecule has 2 aliphatic rings. The first kappa shape index (κ1) is 14.7. The van der Waals surface area contributed by atoms with Crippen LogP contribution < -0.4 is 14.8 Å². The topological polar surface area (TPSA) is 30.5 Å². The van der Waals surface area contributed by atoms with Crippen molar-refractivity contribution in [3.8, 4) is 11.5 Å². The Balaban J connectivity index is 1.66. The van der Waals surface area contributed by atoms with E-state index in [2.05, 4.69) is 37.4 Å². The van der Waals surface area contributed by atoms with E-state index in [1.54, 1.807) is 0 Å². The molecule has 116 valence electrons. The molecule has 1 aliphatic heterocycles. The lowest BCUT2D eigenvalue weighted by atomic mass is 9.97. The minimum atomic E-state index is 0.345. The molecule has 3 heteroatoms. The quantitative estimate of drug-likeness (QED) is 0.906. The monoisotopic (exact) mass is 289 g/mol. The Hall–Kier alpha value is -1.22. The van der Waals surface area contributed by atoms with Gasteiger partial charge in [-0.2, -0.15) is 0 Å². The summed E-state index contributed by atoms with van der Waals surface area (Å²) in [6, 6.07) is 7.27. The average Bonchev–Trinajstić information content (AvgIpc) is 2.92. The van der Waals surface area contributed by atoms with Crippen molar-refractivity contribution in [2.75, 3.05) is 13.2 Å². The third-order valence-electron chi connectivity index (χ3n) is 4.89. The first-order valence-electron chi connectivity index (χ1n) is 8.39. The van der Waals surface area contributed by atoms with Gasteiger partial charge in [0.1, 0.15) is 0 Å². The van der Waals surface area contributed by atoms with E-state index >= 15 is 0 Å². The molecule has 1 saturated carbocycles. The third kappa shape index (κ3) is 3.52. The fraction of sp³-hybridized carbons (Fsp3) is 0.667. The van der Waals surface area contributed by atoms with Crippen LogP contribution in [-0.2, 0) is 0 Å². The summed E-state index contributed by atoms with van der Waals surface area (Å²) >= 11 is 0. The van der Waals surface area contributed by atoms with Gasteiger partial charge in [-0.05, 0) is 50.3 Å². The van der Waals surface area contributed by atoms with E-state index in [1.165, 1.54) is 31.2 Å². The highest BCUT2D eigenvalue weighted by molar-refractivity contribution is 5.44. The highest BCUT2D eigenvalue weighted by Gasteiger charge is 2.23. The van der Waals surface area contributed by atoms with Gasteiger partial charge in [-0.15, -0.1) is 0 Å². The molecule has 0 spiro atoms. The highest BCUT2D eigenvalue weighted by atomic mass is 16.5. The van der Waals surface area contributed by atoms with Crippen LogP contribution in [0.15, 0.2) is 18.2 Å². The van der Waals surface area contributed by atoms with Crippen molar-refractivity contribution >= 4 is 0 Å². The van der Waals surface area contributed by atoms with Crippen LogP contribution in [0, 0.1) is 5.92 Å². The summed E-state index contributed by atoms with van der Waals surface area (Å²) in [5, 5.41) is 3.76. The maximum atomic E-state index is 5.79. The van der Waals surface area contributed by atoms with Crippen LogP contribution in [0.25, 0.3) is 0 Å². The Morgan fingerprint density at radius 1 is 1.00 bits per heavy atom. The zero-order valence-electron chi connectivity index (χ0n) is 13.2. The van der Waals surface area contributed by atoms with Crippen LogP contribution in [0.4, 0.5) is 0 Å². The van der Waals surface area contributed by atoms with Crippen molar-refractivity contribution in [1.82, 2.24) is 5.32 Å². The molecular weight excluding hydrogens is 262 g/mol. The second kappa shape index (κ2) is 6.69. The molecule has 1 aromatic rings. The minimum absolute atomic E-state index is 0.345. The largest absolute Gasteiger partial charge is 0.490 e. The molecule has 3 nitrogen and oxygen atoms in total. The van der Waals surface area contributed by atoms with Gasteiger partial charge >= 0.3 is 0 Å². The summed E-state index contributed by atoms with van der Waals surface area (Å²) in [6.07, 6.45) is 6.50. The summed E-state index contributed by atoms with van der Waals surface area (Å²) in [5.74, 6) is 2.62. The fourth-order valence-electron chi connectivity index (χ4n) is 3.53. The number of ether oxygens (including phenoxy) is 2. The predicted octanol–water partition coefficient (Wildman–Crippen LogP) is 4.08. The Labute approximate surface area is 128 Å². The summed E-state index contributed by atoms with van der Waals surface area (Å²) in [6.45, 7) is 6.07. The molecule has 0 aromatic heterocycles. The molecular formula is C18H27NO2. The van der Waals surface area contributed by atoms with Gasteiger partial charge < -0.3 is 14.8 Å². The van der Waals surface area contributed by atoms with E-state index in [9.17, 15) is 0 Å². The van der Waals surface area contributed by atoms with Crippen LogP contribution in [-0.4, -0.2) is 19.3 Å². The van der Waals surface area contributed by atoms with Crippen LogP contribution in [0.5, 0.6) is 11.5 Å². The van der Waals surface area contributed by atoms with Crippen molar-refractivity contribution < 1.29 is 9.47 Å². The maximum absolute atomic E-state index is 5.79. The van der Waals surface area contributed by atoms with Crippen molar-refractivity contribution in [2.45, 2.75) is 58.0 Å². The van der Waals surface area contributed by atoms with E-state index in [4.69, 9.17) is 9.47 Å². The Morgan fingerprint density at radius 2 is 1.71 bits per heavy atom. The SMILES string of the molecule is CC(N[C@H](C)C1CCCC1)c1ccc2c(c1)OCCCO2. The number of benzene rings is 1. The number of rotatable bonds is 4. The van der Waals surface area contributed by atoms with E-state index in [1.807, 2.05) is 0 Å². The fourth-order valence-corrected chi connectivity index (χ4v) is 3.53. The summed E-state index contributed by atoms with van der Waals surface area (Å²) in [5.41, 5.74) is 1.28. The molecule has 1 heterocycles. The predicted molar refractivity (Wildman–Crippen MR) is 85.0 cm³/mol. The number of nitrogens with one attached hydrogen (secondary N) is 1. The first-order chi connectivity index (χ1) is 10.2. The molecule has 1 aromatic carbocycles. The number of fused-ring (bicyclic) bond motifs is 1. The smallest absolute Gasteiger partial charge is 0.161 e. The van der Waals surface area contributed by atoms with Gasteiger partial charge in [-0.1, -0.05) is 18.9 Å². The summed E-state index contributed by atoms with van der Waals surface area (Å²) in [7, 11) is 0. The minimum Gasteiger partial charge on any atom is -0.490 e. The normalized spacial score (nSPS) is 21.8. The van der Waals surface area contributed by atoms with Crippen molar-refractivity contribution in [1.29, 1.82) is 0 Å². The van der Waals surface area contributed by atoms with Gasteiger partial charge in [-0.3, -0.25) is 0 Å². The summed E-state index contributed by atoms with van der Waals surface area (Å²) < 4.78 is 11.5. The molecule has 1 unspecified atom stereocenters. The lowest BCUT2D eigenvalue weighted by Crippen LogP contribution is -2.34. The molecule has 0 radical (unpaired) electrons. The molecule has 3 rings (SSSR count). The van der Waals surface area contributed by atoms with Gasteiger partial charge in [0.05, 0.1) is 13.2 Å². The molecule has 1 fully saturated rings. The van der Waals surface area contributed by atoms with E-state index in [0.29, 0.717) is 12.1 Å². The number of hydrogen-bond acceptors (Lipinski definition) is 3. The Morgan fingerprint density at radius 3 is 2.48 bits per heavy atom. The molecule has 1 aliphatic carbocycles. The van der Waals surface area contributed by atoms with Gasteiger partial charge in [-0.25, -0.2) is 0 Å². The van der Waals surface area contributed by atoms with Gasteiger partial charge in [0.25, 0.3) is 0 Å². The molecule has 0 amide bonds. The van der Waals surface area contributed by atoms with E-state index in [-0.39, 0.29) is 0 Å². The first-order valence-corrected chi connectivity index (χ1v) is 8.39. The zero-order valence-corrected chi connectivity index (χ0v) is 13.2. The highest BCUT2D eigenvalue weighted by Crippen LogP contribution is 2.33. The van der Waals surface area contributed by atoms with Crippen LogP contribution >= 0.6 is 0 Å². The van der Waals surface area contributed by atoms with E-state index in [0.717, 1.165) is 37.1 Å². The second-order valence-electron chi connectivity index (χ2n) is 6.48. The lowest BCUT2D eigenvalue weighted by molar-refractivity contribution is 0.296. The van der Waals surface area contributed by atoms with Crippen molar-refractivity contribution in [3.05, 3.63) is 23.8 Å². The number of hydrogen-bond donors (Lipinski definition) is 1. The van der Waals surface area contributed by atoms with Gasteiger partial charge in [0.2, 0.25) is 0 Å². The lowest BCUT2D eigenvalue weighted by Gasteiger charge is -2.25. The molecule has 2 atom stereocenters. The average molecular weight is 289 g/mol. The standard InChI is InChI=1S/C18H27NO2/c1-13(15-6-3-4-7-15)19-14(2)16-8-9-17-18(12-16)21-11-5-10-20-17/h8-9,12-15,19H,3-7,10-11H2,1-2H3/t13-,14?/m1/s1. The van der Waals surface area contributed by atoms with Crippen LogP contribution in [0.2, 0.25) is 0 Å². The second-order valence-corrected chi connectivity index (χ2v) is 6.48. The van der Waals surface area contributed by atoms with Gasteiger partial charge in [0, 0.05) is 18.5 Å². The molecule has 21 heavy (non-hydrogen) atoms. The molecule has 1 N–H and O–H groups in total. The molecule has 0 saturated heterocycles. The van der Waals surface area contributed by atoms with Gasteiger partial charge in [0.15, 0.2) is 11.5 Å². The third-order valence-corrected chi connectivity index (χ3v) is 4.89. The molecule has 0 bridgehead atoms. The van der Waals surface area contributed by atoms with Crippen LogP contribution in [0.1, 0.15) is 57.6 Å².